The van der Waals surface area contributed by atoms with E-state index in [0.717, 1.165) is 38.2 Å². The van der Waals surface area contributed by atoms with Crippen LogP contribution in [0.4, 0.5) is 0 Å². The summed E-state index contributed by atoms with van der Waals surface area (Å²) in [5.41, 5.74) is 2.21. The Morgan fingerprint density at radius 1 is 1.59 bits per heavy atom. The van der Waals surface area contributed by atoms with Crippen LogP contribution < -0.4 is 0 Å². The molecule has 0 saturated carbocycles. The molecule has 2 heterocycles. The molecule has 17 heavy (non-hydrogen) atoms. The minimum absolute atomic E-state index is 0.364. The van der Waals surface area contributed by atoms with E-state index in [1.54, 1.807) is 6.20 Å². The highest BCUT2D eigenvalue weighted by molar-refractivity contribution is 5.86. The molecule has 1 aliphatic heterocycles. The molecule has 0 radical (unpaired) electrons. The van der Waals surface area contributed by atoms with Gasteiger partial charge in [0.1, 0.15) is 0 Å². The third-order valence-corrected chi connectivity index (χ3v) is 3.35. The zero-order valence-corrected chi connectivity index (χ0v) is 10.2. The summed E-state index contributed by atoms with van der Waals surface area (Å²) in [6, 6.07) is 4.09. The van der Waals surface area contributed by atoms with Crippen molar-refractivity contribution >= 4 is 5.71 Å². The molecule has 1 N–H and O–H groups in total. The number of nitrogens with zero attached hydrogens (tertiary/aromatic N) is 3. The van der Waals surface area contributed by atoms with Gasteiger partial charge in [-0.3, -0.25) is 4.98 Å². The molecular weight excluding hydrogens is 214 g/mol. The summed E-state index contributed by atoms with van der Waals surface area (Å²) >= 11 is 0. The second-order valence-corrected chi connectivity index (χ2v) is 4.65. The average molecular weight is 233 g/mol. The van der Waals surface area contributed by atoms with Gasteiger partial charge in [-0.25, -0.2) is 0 Å². The molecule has 4 heteroatoms. The van der Waals surface area contributed by atoms with Crippen molar-refractivity contribution in [3.05, 3.63) is 30.1 Å². The van der Waals surface area contributed by atoms with Crippen molar-refractivity contribution in [1.82, 2.24) is 9.88 Å². The molecule has 0 aromatic carbocycles. The SMILES string of the molecule is CC1CN(CCc2cccnc2)CC/C1=N\O. The maximum absolute atomic E-state index is 8.82. The first kappa shape index (κ1) is 12.0. The fourth-order valence-corrected chi connectivity index (χ4v) is 2.29. The van der Waals surface area contributed by atoms with Crippen molar-refractivity contribution in [3.63, 3.8) is 0 Å². The standard InChI is InChI=1S/C13H19N3O/c1-11-10-16(8-5-13(11)15-17)7-4-12-3-2-6-14-9-12/h2-3,6,9,11,17H,4-5,7-8,10H2,1H3/b15-13+. The van der Waals surface area contributed by atoms with Gasteiger partial charge in [0.05, 0.1) is 5.71 Å². The molecule has 2 rings (SSSR count). The minimum Gasteiger partial charge on any atom is -0.411 e. The Labute approximate surface area is 102 Å². The minimum atomic E-state index is 0.364. The topological polar surface area (TPSA) is 48.7 Å². The zero-order valence-electron chi connectivity index (χ0n) is 10.2. The monoisotopic (exact) mass is 233 g/mol. The third-order valence-electron chi connectivity index (χ3n) is 3.35. The molecule has 4 nitrogen and oxygen atoms in total. The summed E-state index contributed by atoms with van der Waals surface area (Å²) in [6.45, 7) is 5.14. The molecular formula is C13H19N3O. The number of likely N-dealkylation sites (tertiary alicyclic amines) is 1. The lowest BCUT2D eigenvalue weighted by molar-refractivity contribution is 0.238. The summed E-state index contributed by atoms with van der Waals surface area (Å²) in [7, 11) is 0. The second kappa shape index (κ2) is 5.77. The van der Waals surface area contributed by atoms with Gasteiger partial charge in [0.2, 0.25) is 0 Å². The second-order valence-electron chi connectivity index (χ2n) is 4.65. The van der Waals surface area contributed by atoms with Crippen LogP contribution >= 0.6 is 0 Å². The van der Waals surface area contributed by atoms with E-state index >= 15 is 0 Å². The molecule has 0 bridgehead atoms. The molecule has 1 aromatic rings. The molecule has 1 aliphatic rings. The molecule has 1 unspecified atom stereocenters. The maximum atomic E-state index is 8.82. The molecule has 1 aromatic heterocycles. The van der Waals surface area contributed by atoms with Crippen molar-refractivity contribution in [3.8, 4) is 0 Å². The van der Waals surface area contributed by atoms with Crippen LogP contribution in [0, 0.1) is 5.92 Å². The van der Waals surface area contributed by atoms with Crippen LogP contribution in [0.1, 0.15) is 18.9 Å². The van der Waals surface area contributed by atoms with E-state index in [1.807, 2.05) is 12.3 Å². The van der Waals surface area contributed by atoms with Crippen molar-refractivity contribution < 1.29 is 5.21 Å². The van der Waals surface area contributed by atoms with E-state index in [9.17, 15) is 0 Å². The van der Waals surface area contributed by atoms with E-state index in [-0.39, 0.29) is 0 Å². The van der Waals surface area contributed by atoms with Gasteiger partial charge >= 0.3 is 0 Å². The Morgan fingerprint density at radius 3 is 3.12 bits per heavy atom. The van der Waals surface area contributed by atoms with Crippen molar-refractivity contribution in [2.45, 2.75) is 19.8 Å². The van der Waals surface area contributed by atoms with Crippen LogP contribution in [0.3, 0.4) is 0 Å². The number of hydrogen-bond acceptors (Lipinski definition) is 4. The van der Waals surface area contributed by atoms with Crippen LogP contribution in [0.5, 0.6) is 0 Å². The highest BCUT2D eigenvalue weighted by Crippen LogP contribution is 2.14. The van der Waals surface area contributed by atoms with E-state index < -0.39 is 0 Å². The van der Waals surface area contributed by atoms with E-state index in [4.69, 9.17) is 5.21 Å². The number of rotatable bonds is 3. The lowest BCUT2D eigenvalue weighted by atomic mass is 9.97. The molecule has 1 saturated heterocycles. The number of aromatic nitrogens is 1. The van der Waals surface area contributed by atoms with Gasteiger partial charge in [0.15, 0.2) is 0 Å². The predicted octanol–water partition coefficient (Wildman–Crippen LogP) is 1.80. The molecule has 1 fully saturated rings. The Bertz CT molecular complexity index is 378. The van der Waals surface area contributed by atoms with Gasteiger partial charge in [-0.05, 0) is 18.1 Å². The van der Waals surface area contributed by atoms with Crippen molar-refractivity contribution in [2.75, 3.05) is 19.6 Å². The van der Waals surface area contributed by atoms with Gasteiger partial charge in [-0.1, -0.05) is 18.1 Å². The summed E-state index contributed by atoms with van der Waals surface area (Å²) in [4.78, 5) is 6.54. The van der Waals surface area contributed by atoms with Gasteiger partial charge < -0.3 is 10.1 Å². The summed E-state index contributed by atoms with van der Waals surface area (Å²) in [5.74, 6) is 0.364. The lowest BCUT2D eigenvalue weighted by Gasteiger charge is -2.31. The van der Waals surface area contributed by atoms with Crippen LogP contribution in [0.25, 0.3) is 0 Å². The summed E-state index contributed by atoms with van der Waals surface area (Å²) in [6.07, 6.45) is 5.64. The predicted molar refractivity (Wildman–Crippen MR) is 67.4 cm³/mol. The van der Waals surface area contributed by atoms with Crippen LogP contribution in [0.15, 0.2) is 29.7 Å². The Kier molecular flexibility index (Phi) is 4.09. The van der Waals surface area contributed by atoms with Gasteiger partial charge in [-0.15, -0.1) is 0 Å². The van der Waals surface area contributed by atoms with Gasteiger partial charge in [0, 0.05) is 44.4 Å². The number of oxime groups is 1. The van der Waals surface area contributed by atoms with Gasteiger partial charge in [0.25, 0.3) is 0 Å². The molecule has 0 amide bonds. The Hall–Kier alpha value is -1.42. The van der Waals surface area contributed by atoms with E-state index in [2.05, 4.69) is 28.0 Å². The van der Waals surface area contributed by atoms with Crippen molar-refractivity contribution in [2.24, 2.45) is 11.1 Å². The smallest absolute Gasteiger partial charge is 0.0624 e. The number of piperidine rings is 1. The molecule has 0 aliphatic carbocycles. The first-order chi connectivity index (χ1) is 8.29. The first-order valence-electron chi connectivity index (χ1n) is 6.11. The number of pyridine rings is 1. The van der Waals surface area contributed by atoms with E-state index in [0.29, 0.717) is 5.92 Å². The summed E-state index contributed by atoms with van der Waals surface area (Å²) < 4.78 is 0. The normalized spacial score (nSPS) is 24.1. The third kappa shape index (κ3) is 3.27. The van der Waals surface area contributed by atoms with Crippen LogP contribution in [0.2, 0.25) is 0 Å². The molecule has 1 atom stereocenters. The lowest BCUT2D eigenvalue weighted by Crippen LogP contribution is -2.40. The Balaban J connectivity index is 1.82. The fraction of sp³-hybridized carbons (Fsp3) is 0.538. The van der Waals surface area contributed by atoms with Crippen molar-refractivity contribution in [1.29, 1.82) is 0 Å². The highest BCUT2D eigenvalue weighted by Gasteiger charge is 2.21. The van der Waals surface area contributed by atoms with E-state index in [1.165, 1.54) is 5.56 Å². The fourth-order valence-electron chi connectivity index (χ4n) is 2.29. The summed E-state index contributed by atoms with van der Waals surface area (Å²) in [5, 5.41) is 12.2. The first-order valence-corrected chi connectivity index (χ1v) is 6.11. The molecule has 92 valence electrons. The maximum Gasteiger partial charge on any atom is 0.0624 e. The Morgan fingerprint density at radius 2 is 2.47 bits per heavy atom. The zero-order chi connectivity index (χ0) is 12.1. The number of hydrogen-bond donors (Lipinski definition) is 1. The largest absolute Gasteiger partial charge is 0.411 e. The average Bonchev–Trinajstić information content (AvgIpc) is 2.38. The van der Waals surface area contributed by atoms with Crippen LogP contribution in [-0.2, 0) is 6.42 Å². The quantitative estimate of drug-likeness (QED) is 0.639. The van der Waals surface area contributed by atoms with Gasteiger partial charge in [-0.2, -0.15) is 0 Å². The molecule has 0 spiro atoms. The van der Waals surface area contributed by atoms with Crippen LogP contribution in [-0.4, -0.2) is 40.4 Å². The highest BCUT2D eigenvalue weighted by atomic mass is 16.4.